The summed E-state index contributed by atoms with van der Waals surface area (Å²) in [4.78, 5) is 4.71. The Hall–Kier alpha value is -1.45. The van der Waals surface area contributed by atoms with Gasteiger partial charge in [0.1, 0.15) is 0 Å². The minimum absolute atomic E-state index is 0.260. The lowest BCUT2D eigenvalue weighted by atomic mass is 10.1. The van der Waals surface area contributed by atoms with Gasteiger partial charge in [-0.1, -0.05) is 42.9 Å². The molecule has 0 spiro atoms. The zero-order valence-corrected chi connectivity index (χ0v) is 16.3. The van der Waals surface area contributed by atoms with Crippen molar-refractivity contribution in [1.82, 2.24) is 4.98 Å². The summed E-state index contributed by atoms with van der Waals surface area (Å²) in [6.45, 7) is 8.07. The van der Waals surface area contributed by atoms with Crippen LogP contribution in [-0.4, -0.2) is 16.2 Å². The Kier molecular flexibility index (Phi) is 8.36. The summed E-state index contributed by atoms with van der Waals surface area (Å²) < 4.78 is 0. The highest BCUT2D eigenvalue weighted by Gasteiger charge is 2.36. The molecule has 3 heteroatoms. The van der Waals surface area contributed by atoms with Crippen molar-refractivity contribution in [3.63, 3.8) is 0 Å². The van der Waals surface area contributed by atoms with Gasteiger partial charge in [-0.3, -0.25) is 0 Å². The second-order valence-electron chi connectivity index (χ2n) is 7.07. The Bertz CT molecular complexity index is 626. The molecule has 2 unspecified atom stereocenters. The predicted octanol–water partition coefficient (Wildman–Crippen LogP) is 6.28. The van der Waals surface area contributed by atoms with Crippen molar-refractivity contribution >= 4 is 17.4 Å². The molecule has 25 heavy (non-hydrogen) atoms. The molecule has 1 aromatic heterocycles. The first-order valence-corrected chi connectivity index (χ1v) is 10.2. The third-order valence-corrected chi connectivity index (χ3v) is 5.58. The summed E-state index contributed by atoms with van der Waals surface area (Å²) in [5, 5.41) is 13.2. The smallest absolute Gasteiger partial charge is 0.0966 e. The van der Waals surface area contributed by atoms with Crippen molar-refractivity contribution in [2.24, 2.45) is 5.92 Å². The first-order valence-electron chi connectivity index (χ1n) is 9.33. The number of hydrogen-bond acceptors (Lipinski definition) is 3. The highest BCUT2D eigenvalue weighted by atomic mass is 32.1. The zero-order valence-electron chi connectivity index (χ0n) is 15.5. The molecule has 1 aliphatic carbocycles. The molecule has 1 N–H and O–H groups in total. The largest absolute Gasteiger partial charge is 0.393 e. The third-order valence-electron chi connectivity index (χ3n) is 4.58. The maximum atomic E-state index is 9.68. The van der Waals surface area contributed by atoms with E-state index in [1.807, 2.05) is 0 Å². The number of rotatable bonds is 11. The Labute approximate surface area is 156 Å². The van der Waals surface area contributed by atoms with Crippen molar-refractivity contribution in [1.29, 1.82) is 0 Å². The van der Waals surface area contributed by atoms with Crippen LogP contribution >= 0.6 is 11.3 Å². The van der Waals surface area contributed by atoms with Gasteiger partial charge in [0, 0.05) is 11.3 Å². The summed E-state index contributed by atoms with van der Waals surface area (Å²) in [5.74, 6) is 1.55. The normalized spacial score (nSPS) is 22.0. The number of aliphatic hydroxyl groups is 1. The first kappa shape index (κ1) is 19.9. The maximum absolute atomic E-state index is 9.68. The van der Waals surface area contributed by atoms with E-state index in [0.29, 0.717) is 6.42 Å². The number of aromatic nitrogens is 1. The van der Waals surface area contributed by atoms with E-state index in [4.69, 9.17) is 4.98 Å². The van der Waals surface area contributed by atoms with Crippen molar-refractivity contribution in [3.8, 4) is 0 Å². The molecule has 1 fully saturated rings. The van der Waals surface area contributed by atoms with E-state index >= 15 is 0 Å². The van der Waals surface area contributed by atoms with Gasteiger partial charge in [-0.25, -0.2) is 4.98 Å². The van der Waals surface area contributed by atoms with Crippen LogP contribution in [0, 0.1) is 5.92 Å². The molecule has 0 aromatic carbocycles. The quantitative estimate of drug-likeness (QED) is 0.287. The number of unbranched alkanes of at least 4 members (excludes halogenated alkanes) is 1. The Morgan fingerprint density at radius 1 is 1.44 bits per heavy atom. The second kappa shape index (κ2) is 10.5. The molecular formula is C22H31NOS. The van der Waals surface area contributed by atoms with Gasteiger partial charge in [0.15, 0.2) is 0 Å². The van der Waals surface area contributed by atoms with Gasteiger partial charge < -0.3 is 5.11 Å². The summed E-state index contributed by atoms with van der Waals surface area (Å²) in [6.07, 6.45) is 18.1. The number of allylic oxidation sites excluding steroid dienone is 5. The number of aliphatic hydroxyl groups excluding tert-OH is 1. The fourth-order valence-corrected chi connectivity index (χ4v) is 3.76. The fraction of sp³-hybridized carbons (Fsp3) is 0.500. The monoisotopic (exact) mass is 357 g/mol. The van der Waals surface area contributed by atoms with Gasteiger partial charge in [-0.2, -0.15) is 0 Å². The fourth-order valence-electron chi connectivity index (χ4n) is 2.73. The summed E-state index contributed by atoms with van der Waals surface area (Å²) >= 11 is 1.80. The van der Waals surface area contributed by atoms with Gasteiger partial charge in [-0.05, 0) is 57.4 Å². The second-order valence-corrected chi connectivity index (χ2v) is 7.96. The molecule has 136 valence electrons. The highest BCUT2D eigenvalue weighted by Crippen LogP contribution is 2.47. The van der Waals surface area contributed by atoms with Crippen LogP contribution in [0.15, 0.2) is 47.9 Å². The lowest BCUT2D eigenvalue weighted by molar-refractivity contribution is 0.168. The van der Waals surface area contributed by atoms with E-state index in [-0.39, 0.29) is 6.10 Å². The van der Waals surface area contributed by atoms with E-state index in [9.17, 15) is 5.11 Å². The molecule has 1 aromatic rings. The van der Waals surface area contributed by atoms with Gasteiger partial charge >= 0.3 is 0 Å². The molecule has 1 heterocycles. The Balaban J connectivity index is 1.61. The standard InChI is InChI=1S/C22H31NOS/c1-4-10-20(24)14-13-17(2)11-8-6-5-7-9-12-19-16-25-22(23-19)21-15-18(21)3/h4,6,8-9,11-12,16,18,20-21,24H,1,5,7,10,13-15H2,2-3H3/b8-6+,12-9-,17-11+/t18?,20-,21?/m0/s1. The van der Waals surface area contributed by atoms with Crippen LogP contribution in [0.3, 0.4) is 0 Å². The average Bonchev–Trinajstić information content (AvgIpc) is 3.13. The minimum Gasteiger partial charge on any atom is -0.393 e. The first-order chi connectivity index (χ1) is 12.1. The molecule has 0 aliphatic heterocycles. The average molecular weight is 358 g/mol. The van der Waals surface area contributed by atoms with E-state index in [1.54, 1.807) is 17.4 Å². The lowest BCUT2D eigenvalue weighted by Gasteiger charge is -2.07. The number of nitrogens with zero attached hydrogens (tertiary/aromatic N) is 1. The van der Waals surface area contributed by atoms with Crippen molar-refractivity contribution < 1.29 is 5.11 Å². The molecule has 0 bridgehead atoms. The van der Waals surface area contributed by atoms with Crippen molar-refractivity contribution in [2.75, 3.05) is 0 Å². The molecular weight excluding hydrogens is 326 g/mol. The van der Waals surface area contributed by atoms with Gasteiger partial charge in [0.2, 0.25) is 0 Å². The van der Waals surface area contributed by atoms with E-state index in [2.05, 4.69) is 56.2 Å². The van der Waals surface area contributed by atoms with Crippen LogP contribution in [0.25, 0.3) is 6.08 Å². The lowest BCUT2D eigenvalue weighted by Crippen LogP contribution is -2.04. The van der Waals surface area contributed by atoms with Crippen LogP contribution in [-0.2, 0) is 0 Å². The van der Waals surface area contributed by atoms with Crippen LogP contribution in [0.5, 0.6) is 0 Å². The number of hydrogen-bond donors (Lipinski definition) is 1. The molecule has 0 amide bonds. The Morgan fingerprint density at radius 2 is 2.20 bits per heavy atom. The van der Waals surface area contributed by atoms with Gasteiger partial charge in [0.25, 0.3) is 0 Å². The Morgan fingerprint density at radius 3 is 2.92 bits per heavy atom. The summed E-state index contributed by atoms with van der Waals surface area (Å²) in [5.41, 5.74) is 2.41. The van der Waals surface area contributed by atoms with Crippen LogP contribution in [0.4, 0.5) is 0 Å². The molecule has 2 nitrogen and oxygen atoms in total. The zero-order chi connectivity index (χ0) is 18.1. The maximum Gasteiger partial charge on any atom is 0.0966 e. The molecule has 0 saturated heterocycles. The van der Waals surface area contributed by atoms with Crippen molar-refractivity contribution in [3.05, 3.63) is 58.6 Å². The van der Waals surface area contributed by atoms with E-state index in [1.165, 1.54) is 17.0 Å². The van der Waals surface area contributed by atoms with Crippen LogP contribution in [0.1, 0.15) is 69.0 Å². The van der Waals surface area contributed by atoms with Gasteiger partial charge in [0.05, 0.1) is 16.8 Å². The SMILES string of the molecule is C=CC[C@H](O)CC/C(C)=C/C=C/CC/C=C\c1csc(C2CC2C)n1. The van der Waals surface area contributed by atoms with Crippen LogP contribution < -0.4 is 0 Å². The van der Waals surface area contributed by atoms with Crippen molar-refractivity contribution in [2.45, 2.75) is 64.4 Å². The van der Waals surface area contributed by atoms with Gasteiger partial charge in [-0.15, -0.1) is 17.9 Å². The third kappa shape index (κ3) is 7.54. The molecule has 2 rings (SSSR count). The van der Waals surface area contributed by atoms with E-state index < -0.39 is 0 Å². The molecule has 3 atom stereocenters. The molecule has 1 aliphatic rings. The summed E-state index contributed by atoms with van der Waals surface area (Å²) in [6, 6.07) is 0. The molecule has 1 saturated carbocycles. The topological polar surface area (TPSA) is 33.1 Å². The van der Waals surface area contributed by atoms with E-state index in [0.717, 1.165) is 43.2 Å². The predicted molar refractivity (Wildman–Crippen MR) is 110 cm³/mol. The summed E-state index contributed by atoms with van der Waals surface area (Å²) in [7, 11) is 0. The molecule has 0 radical (unpaired) electrons. The number of thiazole rings is 1. The van der Waals surface area contributed by atoms with Crippen LogP contribution in [0.2, 0.25) is 0 Å². The minimum atomic E-state index is -0.260. The highest BCUT2D eigenvalue weighted by molar-refractivity contribution is 7.09.